The van der Waals surface area contributed by atoms with Gasteiger partial charge >= 0.3 is 0 Å². The highest BCUT2D eigenvalue weighted by atomic mass is 35.5. The number of hydrogen-bond acceptors (Lipinski definition) is 3. The molecule has 1 unspecified atom stereocenters. The standard InChI is InChI=1S/C15H22ClN3O/c1-15(2,3)14(20)18-12-5-4-8-19(10-12)13-7-6-11(16)9-17-13/h6-7,9,12H,4-5,8,10H2,1-3H3,(H,18,20). The van der Waals surface area contributed by atoms with Crippen LogP contribution in [0.2, 0.25) is 5.02 Å². The van der Waals surface area contributed by atoms with Crippen molar-refractivity contribution in [3.63, 3.8) is 0 Å². The van der Waals surface area contributed by atoms with Crippen LogP contribution < -0.4 is 10.2 Å². The second-order valence-corrected chi connectivity index (χ2v) is 6.78. The Morgan fingerprint density at radius 1 is 1.45 bits per heavy atom. The highest BCUT2D eigenvalue weighted by Crippen LogP contribution is 2.20. The molecule has 1 aromatic rings. The van der Waals surface area contributed by atoms with Crippen molar-refractivity contribution >= 4 is 23.3 Å². The van der Waals surface area contributed by atoms with E-state index in [9.17, 15) is 4.79 Å². The first kappa shape index (κ1) is 15.1. The van der Waals surface area contributed by atoms with Crippen LogP contribution in [0.25, 0.3) is 0 Å². The van der Waals surface area contributed by atoms with E-state index in [0.29, 0.717) is 5.02 Å². The predicted octanol–water partition coefficient (Wildman–Crippen LogP) is 2.87. The van der Waals surface area contributed by atoms with Crippen LogP contribution >= 0.6 is 11.6 Å². The van der Waals surface area contributed by atoms with Crippen LogP contribution in [-0.2, 0) is 4.79 Å². The van der Waals surface area contributed by atoms with Gasteiger partial charge in [-0.1, -0.05) is 32.4 Å². The molecule has 1 fully saturated rings. The van der Waals surface area contributed by atoms with E-state index in [2.05, 4.69) is 15.2 Å². The van der Waals surface area contributed by atoms with Crippen molar-refractivity contribution in [3.05, 3.63) is 23.4 Å². The maximum absolute atomic E-state index is 12.1. The van der Waals surface area contributed by atoms with E-state index in [1.165, 1.54) is 0 Å². The van der Waals surface area contributed by atoms with E-state index in [-0.39, 0.29) is 17.4 Å². The quantitative estimate of drug-likeness (QED) is 0.912. The summed E-state index contributed by atoms with van der Waals surface area (Å²) in [6.07, 6.45) is 3.74. The van der Waals surface area contributed by atoms with Crippen LogP contribution in [0, 0.1) is 5.41 Å². The second-order valence-electron chi connectivity index (χ2n) is 6.34. The number of halogens is 1. The van der Waals surface area contributed by atoms with Crippen LogP contribution in [0.3, 0.4) is 0 Å². The Bertz CT molecular complexity index is 467. The summed E-state index contributed by atoms with van der Waals surface area (Å²) in [5.41, 5.74) is -0.346. The average Bonchev–Trinajstić information content (AvgIpc) is 2.39. The van der Waals surface area contributed by atoms with Crippen LogP contribution in [0.15, 0.2) is 18.3 Å². The minimum Gasteiger partial charge on any atom is -0.355 e. The second kappa shape index (κ2) is 6.00. The fourth-order valence-corrected chi connectivity index (χ4v) is 2.37. The lowest BCUT2D eigenvalue weighted by molar-refractivity contribution is -0.129. The number of rotatable bonds is 2. The molecule has 1 aromatic heterocycles. The summed E-state index contributed by atoms with van der Waals surface area (Å²) < 4.78 is 0. The fourth-order valence-electron chi connectivity index (χ4n) is 2.26. The largest absolute Gasteiger partial charge is 0.355 e. The third-order valence-electron chi connectivity index (χ3n) is 3.47. The maximum Gasteiger partial charge on any atom is 0.225 e. The molecule has 0 radical (unpaired) electrons. The van der Waals surface area contributed by atoms with E-state index >= 15 is 0 Å². The van der Waals surface area contributed by atoms with Crippen molar-refractivity contribution in [2.24, 2.45) is 5.41 Å². The maximum atomic E-state index is 12.1. The highest BCUT2D eigenvalue weighted by molar-refractivity contribution is 6.30. The first-order chi connectivity index (χ1) is 9.36. The van der Waals surface area contributed by atoms with Gasteiger partial charge in [-0.3, -0.25) is 4.79 Å². The summed E-state index contributed by atoms with van der Waals surface area (Å²) in [5.74, 6) is 1.03. The smallest absolute Gasteiger partial charge is 0.225 e. The number of carbonyl (C=O) groups is 1. The summed E-state index contributed by atoms with van der Waals surface area (Å²) >= 11 is 5.86. The zero-order valence-corrected chi connectivity index (χ0v) is 13.1. The number of carbonyl (C=O) groups excluding carboxylic acids is 1. The van der Waals surface area contributed by atoms with Gasteiger partial charge in [0.25, 0.3) is 0 Å². The molecule has 1 aliphatic rings. The van der Waals surface area contributed by atoms with E-state index in [1.54, 1.807) is 6.20 Å². The summed E-state index contributed by atoms with van der Waals surface area (Å²) in [7, 11) is 0. The molecule has 1 atom stereocenters. The molecular weight excluding hydrogens is 274 g/mol. The molecule has 0 bridgehead atoms. The van der Waals surface area contributed by atoms with Crippen LogP contribution in [0.4, 0.5) is 5.82 Å². The van der Waals surface area contributed by atoms with Gasteiger partial charge in [0.05, 0.1) is 5.02 Å². The van der Waals surface area contributed by atoms with Crippen LogP contribution in [-0.4, -0.2) is 30.0 Å². The minimum atomic E-state index is -0.346. The lowest BCUT2D eigenvalue weighted by Crippen LogP contribution is -2.50. The summed E-state index contributed by atoms with van der Waals surface area (Å²) in [4.78, 5) is 18.6. The van der Waals surface area contributed by atoms with Gasteiger partial charge in [-0.15, -0.1) is 0 Å². The lowest BCUT2D eigenvalue weighted by Gasteiger charge is -2.35. The molecule has 0 saturated carbocycles. The van der Waals surface area contributed by atoms with E-state index in [1.807, 2.05) is 32.9 Å². The monoisotopic (exact) mass is 295 g/mol. The molecule has 20 heavy (non-hydrogen) atoms. The summed E-state index contributed by atoms with van der Waals surface area (Å²) in [5, 5.41) is 3.78. The topological polar surface area (TPSA) is 45.2 Å². The number of pyridine rings is 1. The number of amides is 1. The van der Waals surface area contributed by atoms with Gasteiger partial charge in [-0.25, -0.2) is 4.98 Å². The van der Waals surface area contributed by atoms with Crippen molar-refractivity contribution in [1.29, 1.82) is 0 Å². The number of hydrogen-bond donors (Lipinski definition) is 1. The molecule has 1 saturated heterocycles. The molecule has 110 valence electrons. The SMILES string of the molecule is CC(C)(C)C(=O)NC1CCCN(c2ccc(Cl)cn2)C1. The number of nitrogens with zero attached hydrogens (tertiary/aromatic N) is 2. The van der Waals surface area contributed by atoms with Crippen LogP contribution in [0.1, 0.15) is 33.6 Å². The van der Waals surface area contributed by atoms with Gasteiger partial charge in [0, 0.05) is 30.7 Å². The summed E-state index contributed by atoms with van der Waals surface area (Å²) in [6, 6.07) is 3.96. The molecule has 2 rings (SSSR count). The predicted molar refractivity (Wildman–Crippen MR) is 82.1 cm³/mol. The molecule has 1 amide bonds. The van der Waals surface area contributed by atoms with Gasteiger partial charge in [0.2, 0.25) is 5.91 Å². The van der Waals surface area contributed by atoms with Crippen molar-refractivity contribution in [2.75, 3.05) is 18.0 Å². The molecule has 4 nitrogen and oxygen atoms in total. The number of piperidine rings is 1. The van der Waals surface area contributed by atoms with E-state index < -0.39 is 0 Å². The molecule has 5 heteroatoms. The third kappa shape index (κ3) is 3.85. The Morgan fingerprint density at radius 3 is 2.80 bits per heavy atom. The molecule has 1 N–H and O–H groups in total. The molecular formula is C15H22ClN3O. The Hall–Kier alpha value is -1.29. The molecule has 1 aliphatic heterocycles. The Labute approximate surface area is 125 Å². The van der Waals surface area contributed by atoms with E-state index in [4.69, 9.17) is 11.6 Å². The molecule has 0 aliphatic carbocycles. The van der Waals surface area contributed by atoms with Crippen molar-refractivity contribution < 1.29 is 4.79 Å². The first-order valence-electron chi connectivity index (χ1n) is 7.04. The van der Waals surface area contributed by atoms with Gasteiger partial charge in [-0.05, 0) is 25.0 Å². The molecule has 0 aromatic carbocycles. The van der Waals surface area contributed by atoms with Gasteiger partial charge in [-0.2, -0.15) is 0 Å². The van der Waals surface area contributed by atoms with Crippen LogP contribution in [0.5, 0.6) is 0 Å². The van der Waals surface area contributed by atoms with Gasteiger partial charge in [0.1, 0.15) is 5.82 Å². The zero-order chi connectivity index (χ0) is 14.8. The third-order valence-corrected chi connectivity index (χ3v) is 3.70. The lowest BCUT2D eigenvalue weighted by atomic mass is 9.94. The highest BCUT2D eigenvalue weighted by Gasteiger charge is 2.27. The number of anilines is 1. The average molecular weight is 296 g/mol. The van der Waals surface area contributed by atoms with Gasteiger partial charge in [0.15, 0.2) is 0 Å². The first-order valence-corrected chi connectivity index (χ1v) is 7.41. The minimum absolute atomic E-state index is 0.105. The molecule has 2 heterocycles. The van der Waals surface area contributed by atoms with Crippen molar-refractivity contribution in [2.45, 2.75) is 39.7 Å². The normalized spacial score (nSPS) is 19.8. The Balaban J connectivity index is 1.98. The number of nitrogens with one attached hydrogen (secondary N) is 1. The van der Waals surface area contributed by atoms with Crippen molar-refractivity contribution in [1.82, 2.24) is 10.3 Å². The Morgan fingerprint density at radius 2 is 2.20 bits per heavy atom. The van der Waals surface area contributed by atoms with Crippen molar-refractivity contribution in [3.8, 4) is 0 Å². The summed E-state index contributed by atoms with van der Waals surface area (Å²) in [6.45, 7) is 7.57. The fraction of sp³-hybridized carbons (Fsp3) is 0.600. The molecule has 0 spiro atoms. The zero-order valence-electron chi connectivity index (χ0n) is 12.3. The number of aromatic nitrogens is 1. The van der Waals surface area contributed by atoms with E-state index in [0.717, 1.165) is 31.7 Å². The van der Waals surface area contributed by atoms with Gasteiger partial charge < -0.3 is 10.2 Å². The Kier molecular flexibility index (Phi) is 4.53.